The second kappa shape index (κ2) is 19.9. The van der Waals surface area contributed by atoms with Crippen molar-refractivity contribution in [1.29, 1.82) is 0 Å². The number of hydrogen-bond donors (Lipinski definition) is 4. The van der Waals surface area contributed by atoms with Crippen molar-refractivity contribution in [3.63, 3.8) is 0 Å². The summed E-state index contributed by atoms with van der Waals surface area (Å²) in [6, 6.07) is 6.64. The van der Waals surface area contributed by atoms with E-state index in [9.17, 15) is 46.3 Å². The van der Waals surface area contributed by atoms with Crippen LogP contribution in [0.3, 0.4) is 0 Å². The van der Waals surface area contributed by atoms with Crippen LogP contribution >= 0.6 is 0 Å². The molecule has 4 N–H and O–H groups in total. The average molecular weight is 985 g/mol. The number of carbonyl (C=O) groups is 6. The first-order valence-electron chi connectivity index (χ1n) is 22.7. The predicted octanol–water partition coefficient (Wildman–Crippen LogP) is 7.87. The van der Waals surface area contributed by atoms with E-state index in [1.54, 1.807) is 52.0 Å². The minimum absolute atomic E-state index is 0.0720. The van der Waals surface area contributed by atoms with E-state index in [4.69, 9.17) is 4.74 Å². The number of allylic oxidation sites excluding steroid dienone is 1. The summed E-state index contributed by atoms with van der Waals surface area (Å²) in [6.07, 6.45) is -2.83. The van der Waals surface area contributed by atoms with Crippen LogP contribution in [0.25, 0.3) is 11.6 Å². The summed E-state index contributed by atoms with van der Waals surface area (Å²) in [6.45, 7) is 6.12. The Morgan fingerprint density at radius 3 is 1.67 bits per heavy atom. The molecule has 4 aliphatic rings. The van der Waals surface area contributed by atoms with Crippen LogP contribution in [0.2, 0.25) is 0 Å². The third-order valence-corrected chi connectivity index (χ3v) is 13.2. The third kappa shape index (κ3) is 10.8. The summed E-state index contributed by atoms with van der Waals surface area (Å²) in [5.41, 5.74) is 2.88. The van der Waals surface area contributed by atoms with Crippen LogP contribution in [0.1, 0.15) is 88.2 Å². The number of fused-ring (bicyclic) bond motifs is 5. The quantitative estimate of drug-likeness (QED) is 0.139. The smallest absolute Gasteiger partial charge is 0.407 e. The van der Waals surface area contributed by atoms with E-state index in [1.165, 1.54) is 12.1 Å². The van der Waals surface area contributed by atoms with Gasteiger partial charge in [-0.1, -0.05) is 46.8 Å². The number of alkyl halides is 4. The Bertz CT molecular complexity index is 2590. The fourth-order valence-electron chi connectivity index (χ4n) is 9.67. The van der Waals surface area contributed by atoms with Gasteiger partial charge < -0.3 is 45.3 Å². The zero-order chi connectivity index (χ0) is 51.1. The van der Waals surface area contributed by atoms with Gasteiger partial charge in [0.25, 0.3) is 11.8 Å². The molecule has 21 heteroatoms. The highest BCUT2D eigenvalue weighted by Gasteiger charge is 2.53. The van der Waals surface area contributed by atoms with E-state index in [-0.39, 0.29) is 29.1 Å². The molecule has 0 saturated carbocycles. The number of anilines is 2. The summed E-state index contributed by atoms with van der Waals surface area (Å²) in [5.74, 6) is -14.2. The van der Waals surface area contributed by atoms with Gasteiger partial charge in [0, 0.05) is 47.8 Å². The number of nitrogens with zero attached hydrogens (tertiary/aromatic N) is 2. The molecule has 2 bridgehead atoms. The van der Waals surface area contributed by atoms with Crippen molar-refractivity contribution in [2.24, 2.45) is 17.8 Å². The van der Waals surface area contributed by atoms with Crippen molar-refractivity contribution >= 4 is 58.8 Å². The van der Waals surface area contributed by atoms with Gasteiger partial charge in [-0.05, 0) is 82.8 Å². The van der Waals surface area contributed by atoms with Gasteiger partial charge >= 0.3 is 12.2 Å². The van der Waals surface area contributed by atoms with Gasteiger partial charge in [-0.15, -0.1) is 0 Å². The van der Waals surface area contributed by atoms with E-state index in [0.717, 1.165) is 41.7 Å². The van der Waals surface area contributed by atoms with Gasteiger partial charge in [0.15, 0.2) is 0 Å². The summed E-state index contributed by atoms with van der Waals surface area (Å²) in [5, 5.41) is 10.0. The Morgan fingerprint density at radius 2 is 1.19 bits per heavy atom. The molecule has 3 aromatic rings. The lowest BCUT2D eigenvalue weighted by Gasteiger charge is -2.31. The highest BCUT2D eigenvalue weighted by molar-refractivity contribution is 6.01. The molecule has 0 radical (unpaired) electrons. The van der Waals surface area contributed by atoms with Crippen LogP contribution in [-0.2, 0) is 28.7 Å². The van der Waals surface area contributed by atoms with Crippen LogP contribution in [0, 0.1) is 29.4 Å². The molecule has 3 aliphatic heterocycles. The normalized spacial score (nSPS) is 22.8. The van der Waals surface area contributed by atoms with Crippen molar-refractivity contribution in [3.05, 3.63) is 88.5 Å². The Morgan fingerprint density at radius 1 is 0.700 bits per heavy atom. The number of alkyl carbamates (subject to hydrolysis) is 2. The highest BCUT2D eigenvalue weighted by atomic mass is 19.3. The number of rotatable bonds is 11. The standard InChI is InChI=1S/C49H54F6N6O9/c1-23(2)39(58-46(66)68-6)44(64)60-21-48(52,53)19-36(60)42(62)56-31-8-10-33-25(5)35-16-27(12-26(33)15-31)34-11-9-32(18-38(34)70-41(35)28-13-29(50)17-30(51)14-28)57-43(63)37-20-49(54,55)22-61(37)45(65)40(24(3)4)59-47(67)69-7/h8-15,17-18,23-25,35-37,39-41H,16,19-22H2,1-7H3,(H,56,62)(H,57,63)(H,58,66)(H,59,67)/t25?,35?,36-,37-,39-,40-,41?/m0/s1. The SMILES string of the molecule is COC(=O)N[C@H](C(=O)N1CC(F)(F)C[C@H]1C(=O)Nc1ccc2c(c1)C=C1CC(C2C)C(c2cc(F)cc(F)c2)Oc2cc(NC(=O)[C@@H]3CC(F)(F)CN3C(=O)[C@@H](NC(=O)OC)C(C)C)ccc21)C(C)C. The van der Waals surface area contributed by atoms with Crippen LogP contribution in [0.15, 0.2) is 54.6 Å². The van der Waals surface area contributed by atoms with Crippen molar-refractivity contribution in [2.75, 3.05) is 37.9 Å². The van der Waals surface area contributed by atoms with Crippen LogP contribution in [-0.4, -0.2) is 109 Å². The summed E-state index contributed by atoms with van der Waals surface area (Å²) in [7, 11) is 2.16. The molecule has 7 atom stereocenters. The number of halogens is 6. The third-order valence-electron chi connectivity index (χ3n) is 13.2. The second-order valence-corrected chi connectivity index (χ2v) is 18.9. The molecule has 6 amide bonds. The van der Waals surface area contributed by atoms with Gasteiger partial charge in [-0.3, -0.25) is 19.2 Å². The second-order valence-electron chi connectivity index (χ2n) is 18.9. The fourth-order valence-corrected chi connectivity index (χ4v) is 9.67. The van der Waals surface area contributed by atoms with E-state index < -0.39 is 139 Å². The number of nitrogens with one attached hydrogen (secondary N) is 4. The number of amides is 6. The van der Waals surface area contributed by atoms with E-state index in [2.05, 4.69) is 30.7 Å². The van der Waals surface area contributed by atoms with Gasteiger partial charge in [0.05, 0.1) is 27.3 Å². The molecule has 2 fully saturated rings. The minimum atomic E-state index is -3.45. The number of benzene rings is 3. The van der Waals surface area contributed by atoms with Gasteiger partial charge in [0.1, 0.15) is 47.7 Å². The van der Waals surface area contributed by atoms with Gasteiger partial charge in [-0.25, -0.2) is 35.9 Å². The maximum Gasteiger partial charge on any atom is 0.407 e. The van der Waals surface area contributed by atoms with Crippen molar-refractivity contribution < 1.29 is 69.3 Å². The lowest BCUT2D eigenvalue weighted by molar-refractivity contribution is -0.140. The van der Waals surface area contributed by atoms with Crippen molar-refractivity contribution in [2.45, 2.75) is 102 Å². The highest BCUT2D eigenvalue weighted by Crippen LogP contribution is 2.52. The molecule has 2 saturated heterocycles. The summed E-state index contributed by atoms with van der Waals surface area (Å²) < 4.78 is 106. The lowest BCUT2D eigenvalue weighted by atomic mass is 9.78. The molecular weight excluding hydrogens is 931 g/mol. The molecule has 3 unspecified atom stereocenters. The molecule has 3 aromatic carbocycles. The first-order valence-corrected chi connectivity index (χ1v) is 22.7. The number of likely N-dealkylation sites (tertiary alicyclic amines) is 2. The van der Waals surface area contributed by atoms with Gasteiger partial charge in [0.2, 0.25) is 23.6 Å². The van der Waals surface area contributed by atoms with E-state index in [0.29, 0.717) is 22.8 Å². The molecule has 3 heterocycles. The summed E-state index contributed by atoms with van der Waals surface area (Å²) >= 11 is 0. The van der Waals surface area contributed by atoms with E-state index >= 15 is 8.78 Å². The predicted molar refractivity (Wildman–Crippen MR) is 243 cm³/mol. The fraction of sp³-hybridized carbons (Fsp3) is 0.469. The molecule has 376 valence electrons. The first-order chi connectivity index (χ1) is 32.9. The maximum atomic E-state index is 15.0. The molecule has 15 nitrogen and oxygen atoms in total. The van der Waals surface area contributed by atoms with Crippen LogP contribution < -0.4 is 26.0 Å². The maximum absolute atomic E-state index is 15.0. The molecule has 0 spiro atoms. The number of carbonyl (C=O) groups excluding carboxylic acids is 6. The topological polar surface area (TPSA) is 185 Å². The number of ether oxygens (including phenoxy) is 3. The molecule has 7 rings (SSSR count). The molecular formula is C49H54F6N6O9. The average Bonchev–Trinajstić information content (AvgIpc) is 3.70. The largest absolute Gasteiger partial charge is 0.485 e. The van der Waals surface area contributed by atoms with E-state index in [1.807, 2.05) is 13.0 Å². The zero-order valence-corrected chi connectivity index (χ0v) is 39.3. The Labute approximate surface area is 399 Å². The Kier molecular flexibility index (Phi) is 14.5. The number of methoxy groups -OCH3 is 2. The monoisotopic (exact) mass is 984 g/mol. The summed E-state index contributed by atoms with van der Waals surface area (Å²) in [4.78, 5) is 80.6. The van der Waals surface area contributed by atoms with Crippen LogP contribution in [0.5, 0.6) is 5.75 Å². The molecule has 0 aromatic heterocycles. The Balaban J connectivity index is 1.21. The lowest BCUT2D eigenvalue weighted by Crippen LogP contribution is -2.54. The minimum Gasteiger partial charge on any atom is -0.485 e. The van der Waals surface area contributed by atoms with Crippen molar-refractivity contribution in [3.8, 4) is 5.75 Å². The Hall–Kier alpha value is -6.80. The number of hydrogen-bond acceptors (Lipinski definition) is 9. The van der Waals surface area contributed by atoms with Gasteiger partial charge in [-0.2, -0.15) is 0 Å². The molecule has 70 heavy (non-hydrogen) atoms. The molecule has 1 aliphatic carbocycles. The van der Waals surface area contributed by atoms with Crippen molar-refractivity contribution in [1.82, 2.24) is 20.4 Å². The first kappa shape index (κ1) is 51.1. The zero-order valence-electron chi connectivity index (χ0n) is 39.3. The van der Waals surface area contributed by atoms with Crippen LogP contribution in [0.4, 0.5) is 47.3 Å².